The van der Waals surface area contributed by atoms with E-state index in [1.165, 1.54) is 18.5 Å². The summed E-state index contributed by atoms with van der Waals surface area (Å²) in [5, 5.41) is 0.687. The van der Waals surface area contributed by atoms with E-state index in [1.807, 2.05) is 0 Å². The van der Waals surface area contributed by atoms with Crippen LogP contribution in [-0.2, 0) is 9.84 Å². The van der Waals surface area contributed by atoms with Gasteiger partial charge in [0.05, 0.1) is 16.1 Å². The molecule has 0 unspecified atom stereocenters. The largest absolute Gasteiger partial charge is 0.397 e. The molecule has 0 aliphatic carbocycles. The standard InChI is InChI=1S/C14H11N3O2S/c15-12-5-3-4-10-8-11(9-17-14(10)12)20(18,19)13-6-1-2-7-16-13/h1-9H,15H2. The number of hydrogen-bond donors (Lipinski definition) is 1. The minimum Gasteiger partial charge on any atom is -0.397 e. The lowest BCUT2D eigenvalue weighted by molar-refractivity contribution is 0.592. The van der Waals surface area contributed by atoms with Gasteiger partial charge in [0.15, 0.2) is 5.03 Å². The number of hydrogen-bond acceptors (Lipinski definition) is 5. The third kappa shape index (κ3) is 2.00. The van der Waals surface area contributed by atoms with Gasteiger partial charge in [0.2, 0.25) is 9.84 Å². The summed E-state index contributed by atoms with van der Waals surface area (Å²) in [7, 11) is -3.66. The Morgan fingerprint density at radius 1 is 1.00 bits per heavy atom. The third-order valence-corrected chi connectivity index (χ3v) is 4.58. The van der Waals surface area contributed by atoms with Crippen molar-refractivity contribution in [1.82, 2.24) is 9.97 Å². The molecular formula is C14H11N3O2S. The van der Waals surface area contributed by atoms with Gasteiger partial charge >= 0.3 is 0 Å². The van der Waals surface area contributed by atoms with E-state index < -0.39 is 9.84 Å². The molecule has 0 radical (unpaired) electrons. The molecule has 0 saturated heterocycles. The highest BCUT2D eigenvalue weighted by Crippen LogP contribution is 2.24. The van der Waals surface area contributed by atoms with Crippen molar-refractivity contribution in [2.45, 2.75) is 9.92 Å². The van der Waals surface area contributed by atoms with Gasteiger partial charge in [-0.25, -0.2) is 13.4 Å². The van der Waals surface area contributed by atoms with Gasteiger partial charge in [-0.05, 0) is 24.3 Å². The van der Waals surface area contributed by atoms with Gasteiger partial charge in [-0.15, -0.1) is 0 Å². The summed E-state index contributed by atoms with van der Waals surface area (Å²) in [4.78, 5) is 8.13. The van der Waals surface area contributed by atoms with Crippen molar-refractivity contribution >= 4 is 26.4 Å². The quantitative estimate of drug-likeness (QED) is 0.728. The molecule has 3 rings (SSSR count). The van der Waals surface area contributed by atoms with E-state index in [1.54, 1.807) is 36.4 Å². The van der Waals surface area contributed by atoms with Crippen LogP contribution in [-0.4, -0.2) is 18.4 Å². The van der Waals surface area contributed by atoms with Gasteiger partial charge in [0.1, 0.15) is 0 Å². The molecule has 6 heteroatoms. The zero-order chi connectivity index (χ0) is 14.2. The third-order valence-electron chi connectivity index (χ3n) is 2.94. The Hall–Kier alpha value is -2.47. The molecule has 0 aliphatic rings. The van der Waals surface area contributed by atoms with Crippen LogP contribution in [0.5, 0.6) is 0 Å². The lowest BCUT2D eigenvalue weighted by Crippen LogP contribution is -2.04. The van der Waals surface area contributed by atoms with E-state index >= 15 is 0 Å². The summed E-state index contributed by atoms with van der Waals surface area (Å²) in [6.45, 7) is 0. The maximum Gasteiger partial charge on any atom is 0.225 e. The first-order chi connectivity index (χ1) is 9.59. The number of nitrogens with zero attached hydrogens (tertiary/aromatic N) is 2. The summed E-state index contributed by atoms with van der Waals surface area (Å²) < 4.78 is 24.9. The zero-order valence-electron chi connectivity index (χ0n) is 10.4. The minimum absolute atomic E-state index is 0.00468. The van der Waals surface area contributed by atoms with Crippen molar-refractivity contribution in [3.8, 4) is 0 Å². The van der Waals surface area contributed by atoms with E-state index in [4.69, 9.17) is 5.73 Å². The highest BCUT2D eigenvalue weighted by Gasteiger charge is 2.19. The number of fused-ring (bicyclic) bond motifs is 1. The molecule has 100 valence electrons. The zero-order valence-corrected chi connectivity index (χ0v) is 11.2. The molecule has 3 aromatic rings. The SMILES string of the molecule is Nc1cccc2cc(S(=O)(=O)c3ccccn3)cnc12. The number of para-hydroxylation sites is 1. The van der Waals surface area contributed by atoms with Gasteiger partial charge in [-0.1, -0.05) is 18.2 Å². The van der Waals surface area contributed by atoms with E-state index in [0.29, 0.717) is 16.6 Å². The Kier molecular flexibility index (Phi) is 2.87. The van der Waals surface area contributed by atoms with Gasteiger partial charge < -0.3 is 5.73 Å². The van der Waals surface area contributed by atoms with Crippen molar-refractivity contribution in [1.29, 1.82) is 0 Å². The second-order valence-corrected chi connectivity index (χ2v) is 6.16. The number of sulfone groups is 1. The first-order valence-corrected chi connectivity index (χ1v) is 7.38. The maximum atomic E-state index is 12.4. The number of rotatable bonds is 2. The summed E-state index contributed by atoms with van der Waals surface area (Å²) in [5.41, 5.74) is 6.91. The van der Waals surface area contributed by atoms with E-state index in [-0.39, 0.29) is 9.92 Å². The number of anilines is 1. The molecule has 0 fully saturated rings. The Balaban J connectivity index is 2.21. The molecule has 5 nitrogen and oxygen atoms in total. The normalized spacial score (nSPS) is 11.6. The monoisotopic (exact) mass is 285 g/mol. The van der Waals surface area contributed by atoms with Gasteiger partial charge in [0, 0.05) is 17.8 Å². The van der Waals surface area contributed by atoms with Crippen molar-refractivity contribution in [3.05, 3.63) is 54.9 Å². The van der Waals surface area contributed by atoms with Crippen molar-refractivity contribution < 1.29 is 8.42 Å². The van der Waals surface area contributed by atoms with Crippen LogP contribution in [0, 0.1) is 0 Å². The van der Waals surface area contributed by atoms with Crippen LogP contribution < -0.4 is 5.73 Å². The Morgan fingerprint density at radius 2 is 1.85 bits per heavy atom. The number of pyridine rings is 2. The predicted molar refractivity (Wildman–Crippen MR) is 75.8 cm³/mol. The molecule has 0 aliphatic heterocycles. The topological polar surface area (TPSA) is 85.9 Å². The van der Waals surface area contributed by atoms with Crippen LogP contribution in [0.2, 0.25) is 0 Å². The lowest BCUT2D eigenvalue weighted by atomic mass is 10.2. The van der Waals surface area contributed by atoms with Crippen LogP contribution in [0.4, 0.5) is 5.69 Å². The van der Waals surface area contributed by atoms with Gasteiger partial charge in [-0.3, -0.25) is 4.98 Å². The summed E-state index contributed by atoms with van der Waals surface area (Å²) >= 11 is 0. The van der Waals surface area contributed by atoms with E-state index in [9.17, 15) is 8.42 Å². The second-order valence-electron chi connectivity index (χ2n) is 4.26. The molecule has 0 saturated carbocycles. The van der Waals surface area contributed by atoms with Crippen LogP contribution in [0.3, 0.4) is 0 Å². The fraction of sp³-hybridized carbons (Fsp3) is 0. The van der Waals surface area contributed by atoms with Crippen LogP contribution in [0.1, 0.15) is 0 Å². The van der Waals surface area contributed by atoms with Crippen LogP contribution in [0.15, 0.2) is 64.8 Å². The maximum absolute atomic E-state index is 12.4. The fourth-order valence-corrected chi connectivity index (χ4v) is 3.11. The van der Waals surface area contributed by atoms with E-state index in [2.05, 4.69) is 9.97 Å². The first kappa shape index (κ1) is 12.6. The van der Waals surface area contributed by atoms with Crippen molar-refractivity contribution in [2.75, 3.05) is 5.73 Å². The van der Waals surface area contributed by atoms with Gasteiger partial charge in [-0.2, -0.15) is 0 Å². The number of nitrogen functional groups attached to an aromatic ring is 1. The molecule has 0 amide bonds. The minimum atomic E-state index is -3.66. The number of benzene rings is 1. The molecule has 0 bridgehead atoms. The first-order valence-electron chi connectivity index (χ1n) is 5.89. The van der Waals surface area contributed by atoms with E-state index in [0.717, 1.165) is 0 Å². The average molecular weight is 285 g/mol. The molecule has 2 aromatic heterocycles. The molecule has 2 N–H and O–H groups in total. The fourth-order valence-electron chi connectivity index (χ4n) is 1.94. The smallest absolute Gasteiger partial charge is 0.225 e. The highest BCUT2D eigenvalue weighted by molar-refractivity contribution is 7.91. The molecule has 0 atom stereocenters. The van der Waals surface area contributed by atoms with Gasteiger partial charge in [0.25, 0.3) is 0 Å². The molecule has 20 heavy (non-hydrogen) atoms. The van der Waals surface area contributed by atoms with Crippen molar-refractivity contribution in [3.63, 3.8) is 0 Å². The van der Waals surface area contributed by atoms with Crippen molar-refractivity contribution in [2.24, 2.45) is 0 Å². The number of nitrogens with two attached hydrogens (primary N) is 1. The van der Waals surface area contributed by atoms with Crippen LogP contribution in [0.25, 0.3) is 10.9 Å². The summed E-state index contributed by atoms with van der Waals surface area (Å²) in [5.74, 6) is 0. The number of aromatic nitrogens is 2. The summed E-state index contributed by atoms with van der Waals surface area (Å²) in [6.07, 6.45) is 2.75. The summed E-state index contributed by atoms with van der Waals surface area (Å²) in [6, 6.07) is 11.6. The highest BCUT2D eigenvalue weighted by atomic mass is 32.2. The Bertz CT molecular complexity index is 877. The molecule has 2 heterocycles. The predicted octanol–water partition coefficient (Wildman–Crippen LogP) is 2.04. The second kappa shape index (κ2) is 4.57. The average Bonchev–Trinajstić information content (AvgIpc) is 2.48. The Labute approximate surface area is 116 Å². The molecule has 1 aromatic carbocycles. The lowest BCUT2D eigenvalue weighted by Gasteiger charge is -2.05. The molecular weight excluding hydrogens is 274 g/mol. The Morgan fingerprint density at radius 3 is 2.60 bits per heavy atom. The van der Waals surface area contributed by atoms with Crippen LogP contribution >= 0.6 is 0 Å². The molecule has 0 spiro atoms.